The fourth-order valence-corrected chi connectivity index (χ4v) is 3.35. The molecule has 4 rings (SSSR count). The van der Waals surface area contributed by atoms with E-state index in [9.17, 15) is 4.79 Å². The number of benzene rings is 2. The first kappa shape index (κ1) is 15.4. The molecule has 5 nitrogen and oxygen atoms in total. The molecule has 1 amide bonds. The van der Waals surface area contributed by atoms with Crippen molar-refractivity contribution in [1.82, 2.24) is 15.5 Å². The largest absolute Gasteiger partial charge is 0.367 e. The molecular formula is C20H20N4O. The minimum atomic E-state index is -0.0511. The molecule has 0 radical (unpaired) electrons. The number of carbonyl (C=O) groups is 1. The number of anilines is 1. The molecular weight excluding hydrogens is 312 g/mol. The summed E-state index contributed by atoms with van der Waals surface area (Å²) >= 11 is 0. The van der Waals surface area contributed by atoms with E-state index in [0.717, 1.165) is 25.1 Å². The van der Waals surface area contributed by atoms with Gasteiger partial charge in [-0.15, -0.1) is 0 Å². The van der Waals surface area contributed by atoms with Crippen LogP contribution in [0.1, 0.15) is 21.5 Å². The van der Waals surface area contributed by atoms with Crippen molar-refractivity contribution < 1.29 is 4.79 Å². The van der Waals surface area contributed by atoms with Crippen LogP contribution < -0.4 is 10.2 Å². The van der Waals surface area contributed by atoms with E-state index < -0.39 is 0 Å². The standard InChI is InChI=1S/C20H20N4O/c1-21-20(25)15-4-2-14(3-5-15)13-24-9-8-17-10-16(6-7-19(17)24)18-11-22-23-12-18/h2-7,10-12H,8-9,13H2,1H3,(H,21,25)(H,22,23). The maximum atomic E-state index is 11.6. The molecule has 1 aliphatic rings. The second kappa shape index (κ2) is 6.43. The van der Waals surface area contributed by atoms with Crippen molar-refractivity contribution in [1.29, 1.82) is 0 Å². The number of nitrogens with zero attached hydrogens (tertiary/aromatic N) is 2. The van der Waals surface area contributed by atoms with E-state index in [1.54, 1.807) is 7.05 Å². The maximum absolute atomic E-state index is 11.6. The Morgan fingerprint density at radius 2 is 2.04 bits per heavy atom. The van der Waals surface area contributed by atoms with Crippen LogP contribution in [-0.4, -0.2) is 29.7 Å². The molecule has 2 aromatic carbocycles. The van der Waals surface area contributed by atoms with E-state index in [-0.39, 0.29) is 5.91 Å². The average Bonchev–Trinajstić information content (AvgIpc) is 3.32. The topological polar surface area (TPSA) is 61.0 Å². The fraction of sp³-hybridized carbons (Fsp3) is 0.200. The highest BCUT2D eigenvalue weighted by molar-refractivity contribution is 5.93. The first-order valence-corrected chi connectivity index (χ1v) is 8.42. The van der Waals surface area contributed by atoms with Crippen LogP contribution >= 0.6 is 0 Å². The number of carbonyl (C=O) groups excluding carboxylic acids is 1. The summed E-state index contributed by atoms with van der Waals surface area (Å²) in [5.41, 5.74) is 6.89. The third kappa shape index (κ3) is 3.01. The lowest BCUT2D eigenvalue weighted by Gasteiger charge is -2.20. The lowest BCUT2D eigenvalue weighted by Crippen LogP contribution is -2.20. The van der Waals surface area contributed by atoms with E-state index in [1.165, 1.54) is 22.4 Å². The van der Waals surface area contributed by atoms with Gasteiger partial charge in [0.25, 0.3) is 5.91 Å². The minimum absolute atomic E-state index is 0.0511. The first-order chi connectivity index (χ1) is 12.2. The maximum Gasteiger partial charge on any atom is 0.251 e. The quantitative estimate of drug-likeness (QED) is 0.772. The molecule has 1 aromatic heterocycles. The van der Waals surface area contributed by atoms with Crippen LogP contribution in [0.25, 0.3) is 11.1 Å². The number of hydrogen-bond donors (Lipinski definition) is 2. The van der Waals surface area contributed by atoms with Crippen molar-refractivity contribution in [3.63, 3.8) is 0 Å². The summed E-state index contributed by atoms with van der Waals surface area (Å²) in [6.45, 7) is 1.87. The molecule has 5 heteroatoms. The van der Waals surface area contributed by atoms with Gasteiger partial charge in [0.1, 0.15) is 0 Å². The van der Waals surface area contributed by atoms with Crippen LogP contribution in [0.4, 0.5) is 5.69 Å². The molecule has 3 aromatic rings. The van der Waals surface area contributed by atoms with Crippen molar-refractivity contribution in [3.8, 4) is 11.1 Å². The monoisotopic (exact) mass is 332 g/mol. The van der Waals surface area contributed by atoms with E-state index in [1.807, 2.05) is 36.7 Å². The summed E-state index contributed by atoms with van der Waals surface area (Å²) in [6, 6.07) is 14.4. The smallest absolute Gasteiger partial charge is 0.251 e. The van der Waals surface area contributed by atoms with Crippen LogP contribution in [0.5, 0.6) is 0 Å². The Morgan fingerprint density at radius 1 is 1.20 bits per heavy atom. The predicted octanol–water partition coefficient (Wildman–Crippen LogP) is 3.00. The third-order valence-electron chi connectivity index (χ3n) is 4.72. The number of fused-ring (bicyclic) bond motifs is 1. The number of aromatic amines is 1. The third-order valence-corrected chi connectivity index (χ3v) is 4.72. The van der Waals surface area contributed by atoms with E-state index in [0.29, 0.717) is 5.56 Å². The lowest BCUT2D eigenvalue weighted by atomic mass is 10.0. The van der Waals surface area contributed by atoms with Gasteiger partial charge in [0.15, 0.2) is 0 Å². The zero-order valence-electron chi connectivity index (χ0n) is 14.1. The van der Waals surface area contributed by atoms with Crippen LogP contribution in [0.3, 0.4) is 0 Å². The predicted molar refractivity (Wildman–Crippen MR) is 98.6 cm³/mol. The number of hydrogen-bond acceptors (Lipinski definition) is 3. The number of nitrogens with one attached hydrogen (secondary N) is 2. The van der Waals surface area contributed by atoms with Crippen molar-refractivity contribution in [2.24, 2.45) is 0 Å². The van der Waals surface area contributed by atoms with Crippen molar-refractivity contribution in [2.45, 2.75) is 13.0 Å². The molecule has 0 aliphatic carbocycles. The van der Waals surface area contributed by atoms with E-state index in [2.05, 4.69) is 38.6 Å². The minimum Gasteiger partial charge on any atom is -0.367 e. The molecule has 1 aliphatic heterocycles. The number of rotatable bonds is 4. The zero-order valence-corrected chi connectivity index (χ0v) is 14.1. The average molecular weight is 332 g/mol. The van der Waals surface area contributed by atoms with Gasteiger partial charge in [-0.2, -0.15) is 5.10 Å². The van der Waals surface area contributed by atoms with Gasteiger partial charge in [0.2, 0.25) is 0 Å². The van der Waals surface area contributed by atoms with Gasteiger partial charge in [-0.3, -0.25) is 9.89 Å². The summed E-state index contributed by atoms with van der Waals surface area (Å²) in [5, 5.41) is 9.54. The van der Waals surface area contributed by atoms with Crippen molar-refractivity contribution in [3.05, 3.63) is 71.5 Å². The van der Waals surface area contributed by atoms with E-state index in [4.69, 9.17) is 0 Å². The summed E-state index contributed by atoms with van der Waals surface area (Å²) in [7, 11) is 1.65. The van der Waals surface area contributed by atoms with Gasteiger partial charge in [0.05, 0.1) is 6.20 Å². The zero-order chi connectivity index (χ0) is 17.2. The van der Waals surface area contributed by atoms with Crippen LogP contribution in [0.2, 0.25) is 0 Å². The van der Waals surface area contributed by atoms with Crippen LogP contribution in [0, 0.1) is 0 Å². The highest BCUT2D eigenvalue weighted by atomic mass is 16.1. The van der Waals surface area contributed by atoms with Crippen LogP contribution in [-0.2, 0) is 13.0 Å². The Balaban J connectivity index is 1.52. The SMILES string of the molecule is CNC(=O)c1ccc(CN2CCc3cc(-c4cn[nH]c4)ccc32)cc1. The number of H-pyrrole nitrogens is 1. The fourth-order valence-electron chi connectivity index (χ4n) is 3.35. The summed E-state index contributed by atoms with van der Waals surface area (Å²) < 4.78 is 0. The van der Waals surface area contributed by atoms with E-state index >= 15 is 0 Å². The summed E-state index contributed by atoms with van der Waals surface area (Å²) in [5.74, 6) is -0.0511. The Kier molecular flexibility index (Phi) is 3.98. The second-order valence-corrected chi connectivity index (χ2v) is 6.28. The first-order valence-electron chi connectivity index (χ1n) is 8.42. The second-order valence-electron chi connectivity index (χ2n) is 6.28. The number of amides is 1. The van der Waals surface area contributed by atoms with Crippen molar-refractivity contribution in [2.75, 3.05) is 18.5 Å². The van der Waals surface area contributed by atoms with Gasteiger partial charge < -0.3 is 10.2 Å². The highest BCUT2D eigenvalue weighted by Crippen LogP contribution is 2.33. The summed E-state index contributed by atoms with van der Waals surface area (Å²) in [4.78, 5) is 14.0. The normalized spacial score (nSPS) is 12.9. The Morgan fingerprint density at radius 3 is 2.76 bits per heavy atom. The molecule has 0 saturated carbocycles. The molecule has 0 bridgehead atoms. The Bertz CT molecular complexity index is 885. The van der Waals surface area contributed by atoms with Gasteiger partial charge in [-0.05, 0) is 47.4 Å². The molecule has 25 heavy (non-hydrogen) atoms. The van der Waals surface area contributed by atoms with Gasteiger partial charge in [-0.25, -0.2) is 0 Å². The molecule has 0 atom stereocenters. The number of aromatic nitrogens is 2. The van der Waals surface area contributed by atoms with Gasteiger partial charge in [-0.1, -0.05) is 18.2 Å². The molecule has 0 unspecified atom stereocenters. The Labute approximate surface area is 146 Å². The van der Waals surface area contributed by atoms with Crippen LogP contribution in [0.15, 0.2) is 54.9 Å². The lowest BCUT2D eigenvalue weighted by molar-refractivity contribution is 0.0963. The Hall–Kier alpha value is -3.08. The molecule has 126 valence electrons. The highest BCUT2D eigenvalue weighted by Gasteiger charge is 2.20. The molecule has 0 fully saturated rings. The molecule has 0 saturated heterocycles. The molecule has 0 spiro atoms. The molecule has 2 N–H and O–H groups in total. The van der Waals surface area contributed by atoms with Gasteiger partial charge in [0, 0.05) is 43.1 Å². The van der Waals surface area contributed by atoms with Gasteiger partial charge >= 0.3 is 0 Å². The molecule has 2 heterocycles. The van der Waals surface area contributed by atoms with Crippen molar-refractivity contribution >= 4 is 11.6 Å². The summed E-state index contributed by atoms with van der Waals surface area (Å²) in [6.07, 6.45) is 4.82.